The minimum Gasteiger partial charge on any atom is -0.487 e. The van der Waals surface area contributed by atoms with Gasteiger partial charge in [-0.3, -0.25) is 4.79 Å². The van der Waals surface area contributed by atoms with E-state index in [-0.39, 0.29) is 16.2 Å². The Morgan fingerprint density at radius 3 is 2.88 bits per heavy atom. The van der Waals surface area contributed by atoms with Crippen LogP contribution in [0.2, 0.25) is 5.02 Å². The van der Waals surface area contributed by atoms with Gasteiger partial charge in [-0.25, -0.2) is 4.39 Å². The summed E-state index contributed by atoms with van der Waals surface area (Å²) in [6.45, 7) is 3.83. The second-order valence-electron chi connectivity index (χ2n) is 4.55. The summed E-state index contributed by atoms with van der Waals surface area (Å²) in [7, 11) is 0. The quantitative estimate of drug-likeness (QED) is 0.706. The molecule has 4 heteroatoms. The normalized spacial score (nSPS) is 17.5. The van der Waals surface area contributed by atoms with E-state index in [0.29, 0.717) is 12.0 Å². The molecule has 1 aromatic rings. The number of carbonyl (C=O) groups is 1. The van der Waals surface area contributed by atoms with E-state index in [1.807, 2.05) is 13.8 Å². The molecule has 1 aromatic carbocycles. The van der Waals surface area contributed by atoms with Crippen molar-refractivity contribution in [3.05, 3.63) is 28.0 Å². The first kappa shape index (κ1) is 11.4. The zero-order valence-corrected chi connectivity index (χ0v) is 9.90. The van der Waals surface area contributed by atoms with Crippen molar-refractivity contribution in [2.45, 2.75) is 32.3 Å². The minimum absolute atomic E-state index is 0.0239. The molecule has 0 spiro atoms. The van der Waals surface area contributed by atoms with Crippen molar-refractivity contribution in [3.63, 3.8) is 0 Å². The summed E-state index contributed by atoms with van der Waals surface area (Å²) >= 11 is 5.71. The number of hydrogen-bond acceptors (Lipinski definition) is 2. The van der Waals surface area contributed by atoms with Crippen molar-refractivity contribution in [3.8, 4) is 5.75 Å². The van der Waals surface area contributed by atoms with Crippen molar-refractivity contribution in [2.75, 3.05) is 0 Å². The number of aryl methyl sites for hydroxylation is 1. The maximum Gasteiger partial charge on any atom is 0.156 e. The van der Waals surface area contributed by atoms with Crippen LogP contribution in [0.3, 0.4) is 0 Å². The SMILES string of the molecule is CC1(C)CCc2cc(Cl)c(F)c(C=O)c2O1. The molecule has 0 saturated carbocycles. The van der Waals surface area contributed by atoms with Gasteiger partial charge in [0.15, 0.2) is 12.1 Å². The lowest BCUT2D eigenvalue weighted by Crippen LogP contribution is -2.33. The van der Waals surface area contributed by atoms with Crippen molar-refractivity contribution in [1.29, 1.82) is 0 Å². The number of benzene rings is 1. The van der Waals surface area contributed by atoms with Crippen LogP contribution >= 0.6 is 11.6 Å². The Kier molecular flexibility index (Phi) is 2.66. The molecule has 86 valence electrons. The van der Waals surface area contributed by atoms with Crippen molar-refractivity contribution < 1.29 is 13.9 Å². The smallest absolute Gasteiger partial charge is 0.156 e. The van der Waals surface area contributed by atoms with E-state index in [2.05, 4.69) is 0 Å². The number of carbonyl (C=O) groups excluding carboxylic acids is 1. The summed E-state index contributed by atoms with van der Waals surface area (Å²) in [4.78, 5) is 10.9. The number of hydrogen-bond donors (Lipinski definition) is 0. The molecule has 1 heterocycles. The van der Waals surface area contributed by atoms with Crippen LogP contribution in [-0.2, 0) is 6.42 Å². The van der Waals surface area contributed by atoms with Crippen molar-refractivity contribution in [2.24, 2.45) is 0 Å². The molecule has 0 unspecified atom stereocenters. The molecule has 0 atom stereocenters. The predicted molar refractivity (Wildman–Crippen MR) is 59.8 cm³/mol. The second-order valence-corrected chi connectivity index (χ2v) is 4.96. The lowest BCUT2D eigenvalue weighted by Gasteiger charge is -2.33. The summed E-state index contributed by atoms with van der Waals surface area (Å²) in [6.07, 6.45) is 2.02. The Labute approximate surface area is 98.4 Å². The second kappa shape index (κ2) is 3.74. The van der Waals surface area contributed by atoms with Crippen LogP contribution in [-0.4, -0.2) is 11.9 Å². The molecular formula is C12H12ClFO2. The van der Waals surface area contributed by atoms with Crippen LogP contribution in [0.5, 0.6) is 5.75 Å². The third-order valence-corrected chi connectivity index (χ3v) is 3.05. The van der Waals surface area contributed by atoms with Gasteiger partial charge in [-0.2, -0.15) is 0 Å². The fourth-order valence-electron chi connectivity index (χ4n) is 1.86. The average Bonchev–Trinajstić information content (AvgIpc) is 2.20. The molecular weight excluding hydrogens is 231 g/mol. The molecule has 0 bridgehead atoms. The standard InChI is InChI=1S/C12H12ClFO2/c1-12(2)4-3-7-5-9(13)10(14)8(6-15)11(7)16-12/h5-6H,3-4H2,1-2H3. The van der Waals surface area contributed by atoms with Gasteiger partial charge < -0.3 is 4.74 Å². The molecule has 0 radical (unpaired) electrons. The number of ether oxygens (including phenoxy) is 1. The van der Waals surface area contributed by atoms with Gasteiger partial charge in [-0.1, -0.05) is 11.6 Å². The highest BCUT2D eigenvalue weighted by molar-refractivity contribution is 6.31. The Morgan fingerprint density at radius 1 is 1.56 bits per heavy atom. The fourth-order valence-corrected chi connectivity index (χ4v) is 2.09. The van der Waals surface area contributed by atoms with Crippen molar-refractivity contribution >= 4 is 17.9 Å². The molecule has 0 saturated heterocycles. The van der Waals surface area contributed by atoms with Gasteiger partial charge in [-0.05, 0) is 38.3 Å². The van der Waals surface area contributed by atoms with E-state index < -0.39 is 5.82 Å². The Balaban J connectivity index is 2.61. The molecule has 2 nitrogen and oxygen atoms in total. The summed E-state index contributed by atoms with van der Waals surface area (Å²) in [5.41, 5.74) is 0.355. The third-order valence-electron chi connectivity index (χ3n) is 2.78. The van der Waals surface area contributed by atoms with E-state index >= 15 is 0 Å². The average molecular weight is 243 g/mol. The van der Waals surface area contributed by atoms with Crippen LogP contribution < -0.4 is 4.74 Å². The molecule has 0 aliphatic carbocycles. The van der Waals surface area contributed by atoms with Gasteiger partial charge in [-0.15, -0.1) is 0 Å². The Bertz CT molecular complexity index is 455. The Morgan fingerprint density at radius 2 is 2.25 bits per heavy atom. The molecule has 0 amide bonds. The lowest BCUT2D eigenvalue weighted by atomic mass is 9.93. The minimum atomic E-state index is -0.701. The predicted octanol–water partition coefficient (Wildman–Crippen LogP) is 3.40. The first-order valence-electron chi connectivity index (χ1n) is 5.10. The van der Waals surface area contributed by atoms with Crippen LogP contribution in [0.4, 0.5) is 4.39 Å². The van der Waals surface area contributed by atoms with Crippen molar-refractivity contribution in [1.82, 2.24) is 0 Å². The highest BCUT2D eigenvalue weighted by atomic mass is 35.5. The van der Waals surface area contributed by atoms with Gasteiger partial charge >= 0.3 is 0 Å². The maximum absolute atomic E-state index is 13.6. The van der Waals surface area contributed by atoms with Crippen LogP contribution in [0.1, 0.15) is 36.2 Å². The molecule has 2 rings (SSSR count). The topological polar surface area (TPSA) is 26.3 Å². The first-order chi connectivity index (χ1) is 7.44. The van der Waals surface area contributed by atoms with Gasteiger partial charge in [0.25, 0.3) is 0 Å². The van der Waals surface area contributed by atoms with Crippen LogP contribution in [0.15, 0.2) is 6.07 Å². The van der Waals surface area contributed by atoms with E-state index in [1.165, 1.54) is 6.07 Å². The van der Waals surface area contributed by atoms with Gasteiger partial charge in [0.05, 0.1) is 10.6 Å². The van der Waals surface area contributed by atoms with Crippen LogP contribution in [0.25, 0.3) is 0 Å². The lowest BCUT2D eigenvalue weighted by molar-refractivity contribution is 0.0818. The number of halogens is 2. The molecule has 16 heavy (non-hydrogen) atoms. The van der Waals surface area contributed by atoms with Crippen LogP contribution in [0, 0.1) is 5.82 Å². The van der Waals surface area contributed by atoms with E-state index in [4.69, 9.17) is 16.3 Å². The molecule has 1 aliphatic heterocycles. The number of aldehydes is 1. The molecule has 0 N–H and O–H groups in total. The van der Waals surface area contributed by atoms with E-state index in [0.717, 1.165) is 18.4 Å². The molecule has 0 aromatic heterocycles. The van der Waals surface area contributed by atoms with Gasteiger partial charge in [0, 0.05) is 0 Å². The highest BCUT2D eigenvalue weighted by Crippen LogP contribution is 2.38. The zero-order valence-electron chi connectivity index (χ0n) is 9.14. The number of rotatable bonds is 1. The zero-order chi connectivity index (χ0) is 11.9. The summed E-state index contributed by atoms with van der Waals surface area (Å²) < 4.78 is 19.2. The molecule has 1 aliphatic rings. The summed E-state index contributed by atoms with van der Waals surface area (Å²) in [5, 5.41) is -0.0239. The monoisotopic (exact) mass is 242 g/mol. The summed E-state index contributed by atoms with van der Waals surface area (Å²) in [6, 6.07) is 1.54. The Hall–Kier alpha value is -1.09. The fraction of sp³-hybridized carbons (Fsp3) is 0.417. The summed E-state index contributed by atoms with van der Waals surface area (Å²) in [5.74, 6) is -0.360. The molecule has 0 fully saturated rings. The number of fused-ring (bicyclic) bond motifs is 1. The van der Waals surface area contributed by atoms with E-state index in [9.17, 15) is 9.18 Å². The van der Waals surface area contributed by atoms with Gasteiger partial charge in [0.1, 0.15) is 11.4 Å². The first-order valence-corrected chi connectivity index (χ1v) is 5.47. The maximum atomic E-state index is 13.6. The van der Waals surface area contributed by atoms with Gasteiger partial charge in [0.2, 0.25) is 0 Å². The van der Waals surface area contributed by atoms with E-state index in [1.54, 1.807) is 0 Å². The third kappa shape index (κ3) is 1.80. The highest BCUT2D eigenvalue weighted by Gasteiger charge is 2.30. The largest absolute Gasteiger partial charge is 0.487 e.